The quantitative estimate of drug-likeness (QED) is 0.692. The highest BCUT2D eigenvalue weighted by atomic mass is 16.7. The van der Waals surface area contributed by atoms with Crippen molar-refractivity contribution in [3.8, 4) is 0 Å². The van der Waals surface area contributed by atoms with Gasteiger partial charge in [-0.2, -0.15) is 0 Å². The summed E-state index contributed by atoms with van der Waals surface area (Å²) in [7, 11) is 0. The Morgan fingerprint density at radius 3 is 2.61 bits per heavy atom. The van der Waals surface area contributed by atoms with Gasteiger partial charge < -0.3 is 15.1 Å². The van der Waals surface area contributed by atoms with Crippen LogP contribution in [-0.2, 0) is 16.1 Å². The van der Waals surface area contributed by atoms with Crippen LogP contribution in [0.1, 0.15) is 61.0 Å². The largest absolute Gasteiger partial charge is 0.379 e. The fourth-order valence-electron chi connectivity index (χ4n) is 4.54. The van der Waals surface area contributed by atoms with Gasteiger partial charge in [0, 0.05) is 37.2 Å². The molecule has 2 aromatic carbocycles. The lowest BCUT2D eigenvalue weighted by Gasteiger charge is -2.32. The van der Waals surface area contributed by atoms with Gasteiger partial charge in [-0.25, -0.2) is 0 Å². The minimum atomic E-state index is -1.01. The van der Waals surface area contributed by atoms with Gasteiger partial charge in [-0.05, 0) is 56.2 Å². The third-order valence-electron chi connectivity index (χ3n) is 6.59. The Labute approximate surface area is 196 Å². The second-order valence-electron chi connectivity index (χ2n) is 9.30. The maximum absolute atomic E-state index is 13.2. The maximum atomic E-state index is 13.2. The Bertz CT molecular complexity index is 1010. The van der Waals surface area contributed by atoms with E-state index in [1.807, 2.05) is 42.2 Å². The van der Waals surface area contributed by atoms with Gasteiger partial charge in [0.2, 0.25) is 5.60 Å². The molecule has 1 atom stereocenters. The molecule has 1 fully saturated rings. The molecule has 33 heavy (non-hydrogen) atoms. The molecule has 1 N–H and O–H groups in total. The fourth-order valence-corrected chi connectivity index (χ4v) is 4.54. The molecule has 2 aromatic rings. The van der Waals surface area contributed by atoms with Crippen molar-refractivity contribution in [1.29, 1.82) is 0 Å². The summed E-state index contributed by atoms with van der Waals surface area (Å²) in [5, 5.41) is 7.06. The summed E-state index contributed by atoms with van der Waals surface area (Å²) in [5.41, 5.74) is 2.53. The molecule has 174 valence electrons. The Hall–Kier alpha value is -3.15. The van der Waals surface area contributed by atoms with Gasteiger partial charge in [0.1, 0.15) is 0 Å². The van der Waals surface area contributed by atoms with Crippen molar-refractivity contribution < 1.29 is 14.4 Å². The Morgan fingerprint density at radius 2 is 1.88 bits per heavy atom. The minimum Gasteiger partial charge on any atom is -0.379 e. The zero-order chi connectivity index (χ0) is 23.3. The van der Waals surface area contributed by atoms with Gasteiger partial charge in [0.15, 0.2) is 0 Å². The van der Waals surface area contributed by atoms with E-state index >= 15 is 0 Å². The third kappa shape index (κ3) is 5.44. The summed E-state index contributed by atoms with van der Waals surface area (Å²) in [4.78, 5) is 33.1. The summed E-state index contributed by atoms with van der Waals surface area (Å²) < 4.78 is 0. The van der Waals surface area contributed by atoms with E-state index in [4.69, 9.17) is 4.84 Å². The van der Waals surface area contributed by atoms with Crippen molar-refractivity contribution in [2.24, 2.45) is 11.1 Å². The molecule has 0 spiro atoms. The summed E-state index contributed by atoms with van der Waals surface area (Å²) in [6.45, 7) is 5.93. The monoisotopic (exact) mass is 447 g/mol. The number of carbonyl (C=O) groups is 2. The number of carbonyl (C=O) groups excluding carboxylic acids is 2. The second kappa shape index (κ2) is 10.2. The minimum absolute atomic E-state index is 0.0537. The first-order valence-electron chi connectivity index (χ1n) is 12.0. The van der Waals surface area contributed by atoms with Crippen molar-refractivity contribution in [1.82, 2.24) is 10.2 Å². The van der Waals surface area contributed by atoms with Crippen molar-refractivity contribution >= 4 is 17.5 Å². The zero-order valence-corrected chi connectivity index (χ0v) is 19.5. The molecule has 2 aliphatic rings. The van der Waals surface area contributed by atoms with Gasteiger partial charge in [0.25, 0.3) is 11.8 Å². The number of hydrogen-bond acceptors (Lipinski definition) is 4. The summed E-state index contributed by atoms with van der Waals surface area (Å²) >= 11 is 0. The molecule has 2 heterocycles. The van der Waals surface area contributed by atoms with Crippen LogP contribution in [0.5, 0.6) is 0 Å². The number of oxime groups is 1. The van der Waals surface area contributed by atoms with E-state index in [1.165, 1.54) is 5.56 Å². The van der Waals surface area contributed by atoms with Crippen molar-refractivity contribution in [2.75, 3.05) is 19.6 Å². The third-order valence-corrected chi connectivity index (χ3v) is 6.59. The molecule has 0 aromatic heterocycles. The molecule has 1 saturated heterocycles. The Morgan fingerprint density at radius 1 is 1.12 bits per heavy atom. The Kier molecular flexibility index (Phi) is 7.11. The van der Waals surface area contributed by atoms with Gasteiger partial charge in [-0.15, -0.1) is 0 Å². The van der Waals surface area contributed by atoms with Crippen LogP contribution in [0.4, 0.5) is 0 Å². The molecule has 2 aliphatic heterocycles. The molecule has 0 aliphatic carbocycles. The number of likely N-dealkylation sites (tertiary alicyclic amines) is 1. The van der Waals surface area contributed by atoms with Crippen LogP contribution in [0.15, 0.2) is 59.8 Å². The van der Waals surface area contributed by atoms with Gasteiger partial charge in [0.05, 0.1) is 5.71 Å². The number of rotatable bonds is 7. The maximum Gasteiger partial charge on any atom is 0.267 e. The number of hydrogen-bond donors (Lipinski definition) is 1. The van der Waals surface area contributed by atoms with Crippen LogP contribution in [-0.4, -0.2) is 47.7 Å². The first-order chi connectivity index (χ1) is 16.0. The van der Waals surface area contributed by atoms with Crippen molar-refractivity contribution in [2.45, 2.75) is 51.6 Å². The number of amides is 2. The molecule has 0 radical (unpaired) electrons. The number of benzene rings is 2. The van der Waals surface area contributed by atoms with Gasteiger partial charge in [-0.1, -0.05) is 54.5 Å². The molecule has 1 unspecified atom stereocenters. The number of piperidine rings is 1. The summed E-state index contributed by atoms with van der Waals surface area (Å²) in [6.07, 6.45) is 4.36. The topological polar surface area (TPSA) is 71.0 Å². The van der Waals surface area contributed by atoms with E-state index in [0.29, 0.717) is 30.2 Å². The lowest BCUT2D eigenvalue weighted by Crippen LogP contribution is -2.45. The normalized spacial score (nSPS) is 20.8. The van der Waals surface area contributed by atoms with Crippen LogP contribution in [0.2, 0.25) is 0 Å². The van der Waals surface area contributed by atoms with E-state index in [-0.39, 0.29) is 11.8 Å². The lowest BCUT2D eigenvalue weighted by atomic mass is 9.90. The molecular formula is C27H33N3O3. The van der Waals surface area contributed by atoms with Crippen LogP contribution in [0, 0.1) is 5.92 Å². The molecule has 0 bridgehead atoms. The van der Waals surface area contributed by atoms with Crippen molar-refractivity contribution in [3.63, 3.8) is 0 Å². The van der Waals surface area contributed by atoms with E-state index in [9.17, 15) is 9.59 Å². The van der Waals surface area contributed by atoms with Gasteiger partial charge >= 0.3 is 0 Å². The van der Waals surface area contributed by atoms with Crippen LogP contribution < -0.4 is 5.32 Å². The number of nitrogens with one attached hydrogen (secondary N) is 1. The van der Waals surface area contributed by atoms with Crippen LogP contribution in [0.25, 0.3) is 0 Å². The highest BCUT2D eigenvalue weighted by molar-refractivity contribution is 6.07. The predicted octanol–water partition coefficient (Wildman–Crippen LogP) is 4.19. The first-order valence-corrected chi connectivity index (χ1v) is 12.0. The average molecular weight is 448 g/mol. The van der Waals surface area contributed by atoms with Crippen LogP contribution in [0.3, 0.4) is 0 Å². The first kappa shape index (κ1) is 23.0. The summed E-state index contributed by atoms with van der Waals surface area (Å²) in [5.74, 6) is 0.510. The molecule has 6 nitrogen and oxygen atoms in total. The standard InChI is InChI=1S/C27H33N3O3/c1-3-14-28-26(32)27(2)19-24(29-33-27)22-10-7-11-23(18-22)25(31)30-15-12-21(13-16-30)17-20-8-5-4-6-9-20/h4-11,18,21H,3,12-17,19H2,1-2H3,(H,28,32). The van der Waals surface area contributed by atoms with E-state index in [1.54, 1.807) is 6.92 Å². The molecule has 0 saturated carbocycles. The van der Waals surface area contributed by atoms with Crippen molar-refractivity contribution in [3.05, 3.63) is 71.3 Å². The SMILES string of the molecule is CCCNC(=O)C1(C)CC(c2cccc(C(=O)N3CCC(Cc4ccccc4)CC3)c2)=NO1. The highest BCUT2D eigenvalue weighted by Gasteiger charge is 2.42. The van der Waals surface area contributed by atoms with E-state index < -0.39 is 5.60 Å². The van der Waals surface area contributed by atoms with Gasteiger partial charge in [-0.3, -0.25) is 9.59 Å². The molecule has 4 rings (SSSR count). The van der Waals surface area contributed by atoms with E-state index in [2.05, 4.69) is 34.7 Å². The molecule has 6 heteroatoms. The van der Waals surface area contributed by atoms with Crippen LogP contribution >= 0.6 is 0 Å². The fraction of sp³-hybridized carbons (Fsp3) is 0.444. The Balaban J connectivity index is 1.35. The zero-order valence-electron chi connectivity index (χ0n) is 19.5. The average Bonchev–Trinajstić information content (AvgIpc) is 3.27. The van der Waals surface area contributed by atoms with E-state index in [0.717, 1.165) is 44.3 Å². The smallest absolute Gasteiger partial charge is 0.267 e. The second-order valence-corrected chi connectivity index (χ2v) is 9.30. The highest BCUT2D eigenvalue weighted by Crippen LogP contribution is 2.28. The molecular weight excluding hydrogens is 414 g/mol. The lowest BCUT2D eigenvalue weighted by molar-refractivity contribution is -0.141. The number of nitrogens with zero attached hydrogens (tertiary/aromatic N) is 2. The predicted molar refractivity (Wildman–Crippen MR) is 129 cm³/mol. The molecule has 2 amide bonds. The summed E-state index contributed by atoms with van der Waals surface area (Å²) in [6, 6.07) is 18.1.